The topological polar surface area (TPSA) is 66.8 Å². The Morgan fingerprint density at radius 1 is 1.45 bits per heavy atom. The van der Waals surface area contributed by atoms with Gasteiger partial charge in [0, 0.05) is 18.7 Å². The van der Waals surface area contributed by atoms with Crippen LogP contribution in [0.15, 0.2) is 35.7 Å². The fourth-order valence-electron chi connectivity index (χ4n) is 1.89. The largest absolute Gasteiger partial charge is 0.496 e. The number of rotatable bonds is 8. The summed E-state index contributed by atoms with van der Waals surface area (Å²) in [4.78, 5) is 0.151. The normalized spacial score (nSPS) is 11.6. The Morgan fingerprint density at radius 2 is 2.15 bits per heavy atom. The molecule has 0 amide bonds. The molecule has 1 rings (SSSR count). The van der Waals surface area contributed by atoms with Crippen molar-refractivity contribution in [3.8, 4) is 5.75 Å². The van der Waals surface area contributed by atoms with Gasteiger partial charge in [0.15, 0.2) is 0 Å². The molecule has 5 nitrogen and oxygen atoms in total. The monoisotopic (exact) mass is 299 g/mol. The van der Waals surface area contributed by atoms with E-state index in [1.54, 1.807) is 12.1 Å². The highest BCUT2D eigenvalue weighted by atomic mass is 32.2. The lowest BCUT2D eigenvalue weighted by Crippen LogP contribution is -2.32. The van der Waals surface area contributed by atoms with E-state index >= 15 is 0 Å². The van der Waals surface area contributed by atoms with Gasteiger partial charge in [-0.3, -0.25) is 0 Å². The number of hydrogen-bond donors (Lipinski definition) is 1. The summed E-state index contributed by atoms with van der Waals surface area (Å²) >= 11 is 0. The SMILES string of the molecule is C=CCN(CCC)S(=O)(=O)c1ccc(OC)c(CO)c1. The standard InChI is InChI=1S/C14H21NO4S/c1-4-8-15(9-5-2)20(17,18)13-6-7-14(19-3)12(10-13)11-16/h4,6-7,10,16H,1,5,8-9,11H2,2-3H3. The molecule has 112 valence electrons. The van der Waals surface area contributed by atoms with Crippen LogP contribution in [0.4, 0.5) is 0 Å². The van der Waals surface area contributed by atoms with E-state index in [0.717, 1.165) is 6.42 Å². The molecule has 6 heteroatoms. The van der Waals surface area contributed by atoms with Gasteiger partial charge in [0.05, 0.1) is 18.6 Å². The first-order valence-electron chi connectivity index (χ1n) is 6.40. The Morgan fingerprint density at radius 3 is 2.65 bits per heavy atom. The van der Waals surface area contributed by atoms with Gasteiger partial charge in [-0.25, -0.2) is 8.42 Å². The average Bonchev–Trinajstić information content (AvgIpc) is 2.46. The van der Waals surface area contributed by atoms with Crippen LogP contribution in [-0.4, -0.2) is 38.0 Å². The number of aliphatic hydroxyl groups excluding tert-OH is 1. The summed E-state index contributed by atoms with van der Waals surface area (Å²) in [5, 5.41) is 9.28. The van der Waals surface area contributed by atoms with E-state index in [1.807, 2.05) is 6.92 Å². The average molecular weight is 299 g/mol. The van der Waals surface area contributed by atoms with Crippen LogP contribution in [0.25, 0.3) is 0 Å². The minimum absolute atomic E-state index is 0.151. The fraction of sp³-hybridized carbons (Fsp3) is 0.429. The molecule has 0 bridgehead atoms. The minimum Gasteiger partial charge on any atom is -0.496 e. The van der Waals surface area contributed by atoms with Gasteiger partial charge in [0.25, 0.3) is 0 Å². The second kappa shape index (κ2) is 7.42. The number of sulfonamides is 1. The predicted molar refractivity (Wildman–Crippen MR) is 78.2 cm³/mol. The lowest BCUT2D eigenvalue weighted by molar-refractivity contribution is 0.273. The molecular formula is C14H21NO4S. The van der Waals surface area contributed by atoms with Crippen LogP contribution in [0.3, 0.4) is 0 Å². The van der Waals surface area contributed by atoms with Crippen molar-refractivity contribution >= 4 is 10.0 Å². The molecule has 0 saturated carbocycles. The minimum atomic E-state index is -3.59. The summed E-state index contributed by atoms with van der Waals surface area (Å²) in [6.07, 6.45) is 2.28. The van der Waals surface area contributed by atoms with Crippen LogP contribution in [0.5, 0.6) is 5.75 Å². The van der Waals surface area contributed by atoms with Crippen molar-refractivity contribution in [3.63, 3.8) is 0 Å². The van der Waals surface area contributed by atoms with Crippen LogP contribution < -0.4 is 4.74 Å². The van der Waals surface area contributed by atoms with Gasteiger partial charge >= 0.3 is 0 Å². The maximum Gasteiger partial charge on any atom is 0.243 e. The van der Waals surface area contributed by atoms with Crippen LogP contribution in [0, 0.1) is 0 Å². The zero-order valence-corrected chi connectivity index (χ0v) is 12.7. The number of aliphatic hydroxyl groups is 1. The molecule has 1 aromatic rings. The Hall–Kier alpha value is -1.37. The van der Waals surface area contributed by atoms with Gasteiger partial charge in [-0.2, -0.15) is 4.31 Å². The molecule has 0 atom stereocenters. The molecule has 1 N–H and O–H groups in total. The van der Waals surface area contributed by atoms with Gasteiger partial charge in [-0.1, -0.05) is 13.0 Å². The third-order valence-electron chi connectivity index (χ3n) is 2.87. The molecule has 0 aliphatic rings. The number of hydrogen-bond acceptors (Lipinski definition) is 4. The van der Waals surface area contributed by atoms with Crippen LogP contribution >= 0.6 is 0 Å². The first-order valence-corrected chi connectivity index (χ1v) is 7.84. The molecule has 0 radical (unpaired) electrons. The third kappa shape index (κ3) is 3.59. The van der Waals surface area contributed by atoms with Crippen molar-refractivity contribution in [1.82, 2.24) is 4.31 Å². The van der Waals surface area contributed by atoms with Crippen molar-refractivity contribution in [3.05, 3.63) is 36.4 Å². The summed E-state index contributed by atoms with van der Waals surface area (Å²) in [7, 11) is -2.11. The zero-order chi connectivity index (χ0) is 15.2. The highest BCUT2D eigenvalue weighted by Crippen LogP contribution is 2.24. The maximum absolute atomic E-state index is 12.5. The summed E-state index contributed by atoms with van der Waals surface area (Å²) < 4.78 is 31.5. The second-order valence-electron chi connectivity index (χ2n) is 4.28. The summed E-state index contributed by atoms with van der Waals surface area (Å²) in [5.41, 5.74) is 0.448. The lowest BCUT2D eigenvalue weighted by Gasteiger charge is -2.20. The first-order chi connectivity index (χ1) is 9.51. The highest BCUT2D eigenvalue weighted by molar-refractivity contribution is 7.89. The summed E-state index contributed by atoms with van der Waals surface area (Å²) in [5.74, 6) is 0.470. The van der Waals surface area contributed by atoms with E-state index in [0.29, 0.717) is 17.9 Å². The van der Waals surface area contributed by atoms with Crippen molar-refractivity contribution in [1.29, 1.82) is 0 Å². The molecule has 1 aromatic carbocycles. The van der Waals surface area contributed by atoms with Crippen LogP contribution in [0.1, 0.15) is 18.9 Å². The van der Waals surface area contributed by atoms with Crippen molar-refractivity contribution in [2.75, 3.05) is 20.2 Å². The molecule has 0 heterocycles. The predicted octanol–water partition coefficient (Wildman–Crippen LogP) is 1.77. The van der Waals surface area contributed by atoms with E-state index in [4.69, 9.17) is 4.74 Å². The quantitative estimate of drug-likeness (QED) is 0.743. The van der Waals surface area contributed by atoms with Crippen molar-refractivity contribution < 1.29 is 18.3 Å². The van der Waals surface area contributed by atoms with Crippen LogP contribution in [-0.2, 0) is 16.6 Å². The zero-order valence-electron chi connectivity index (χ0n) is 11.9. The molecule has 0 unspecified atom stereocenters. The Kier molecular flexibility index (Phi) is 6.19. The first kappa shape index (κ1) is 16.7. The van der Waals surface area contributed by atoms with E-state index in [9.17, 15) is 13.5 Å². The van der Waals surface area contributed by atoms with Gasteiger partial charge < -0.3 is 9.84 Å². The molecular weight excluding hydrogens is 278 g/mol. The molecule has 0 aliphatic heterocycles. The number of methoxy groups -OCH3 is 1. The smallest absolute Gasteiger partial charge is 0.243 e. The van der Waals surface area contributed by atoms with Gasteiger partial charge in [0.2, 0.25) is 10.0 Å². The number of ether oxygens (including phenoxy) is 1. The summed E-state index contributed by atoms with van der Waals surface area (Å²) in [6.45, 7) is 5.91. The molecule has 0 fully saturated rings. The van der Waals surface area contributed by atoms with Gasteiger partial charge in [-0.15, -0.1) is 6.58 Å². The van der Waals surface area contributed by atoms with E-state index in [1.165, 1.54) is 23.5 Å². The summed E-state index contributed by atoms with van der Waals surface area (Å²) in [6, 6.07) is 4.48. The fourth-order valence-corrected chi connectivity index (χ4v) is 3.44. The molecule has 20 heavy (non-hydrogen) atoms. The third-order valence-corrected chi connectivity index (χ3v) is 4.73. The van der Waals surface area contributed by atoms with Crippen molar-refractivity contribution in [2.45, 2.75) is 24.8 Å². The maximum atomic E-state index is 12.5. The van der Waals surface area contributed by atoms with E-state index in [-0.39, 0.29) is 18.0 Å². The van der Waals surface area contributed by atoms with E-state index in [2.05, 4.69) is 6.58 Å². The van der Waals surface area contributed by atoms with Gasteiger partial charge in [-0.05, 0) is 24.6 Å². The highest BCUT2D eigenvalue weighted by Gasteiger charge is 2.23. The Labute approximate surface area is 120 Å². The van der Waals surface area contributed by atoms with Gasteiger partial charge in [0.1, 0.15) is 5.75 Å². The second-order valence-corrected chi connectivity index (χ2v) is 6.22. The van der Waals surface area contributed by atoms with Crippen molar-refractivity contribution in [2.24, 2.45) is 0 Å². The Balaban J connectivity index is 3.22. The molecule has 0 aromatic heterocycles. The number of benzene rings is 1. The molecule has 0 spiro atoms. The number of nitrogens with zero attached hydrogens (tertiary/aromatic N) is 1. The molecule has 0 saturated heterocycles. The van der Waals surface area contributed by atoms with Crippen LogP contribution in [0.2, 0.25) is 0 Å². The Bertz CT molecular complexity index is 554. The van der Waals surface area contributed by atoms with E-state index < -0.39 is 10.0 Å². The lowest BCUT2D eigenvalue weighted by atomic mass is 10.2. The molecule has 0 aliphatic carbocycles.